The maximum Gasteiger partial charge on any atom is 0.352 e. The summed E-state index contributed by atoms with van der Waals surface area (Å²) in [5.74, 6) is -1.31. The Morgan fingerprint density at radius 2 is 2.00 bits per heavy atom. The zero-order valence-corrected chi connectivity index (χ0v) is 21.6. The highest BCUT2D eigenvalue weighted by molar-refractivity contribution is 6.05. The number of rotatable bonds is 7. The lowest BCUT2D eigenvalue weighted by Gasteiger charge is -2.28. The lowest BCUT2D eigenvalue weighted by molar-refractivity contribution is -0.131. The molecule has 0 radical (unpaired) electrons. The van der Waals surface area contributed by atoms with Crippen LogP contribution in [0.1, 0.15) is 28.9 Å². The summed E-state index contributed by atoms with van der Waals surface area (Å²) in [6.45, 7) is 1.14. The predicted octanol–water partition coefficient (Wildman–Crippen LogP) is 4.53. The average Bonchev–Trinajstić information content (AvgIpc) is 3.67. The highest BCUT2D eigenvalue weighted by Gasteiger charge is 2.26. The summed E-state index contributed by atoms with van der Waals surface area (Å²) in [6.07, 6.45) is 7.62. The van der Waals surface area contributed by atoms with Crippen LogP contribution in [0.15, 0.2) is 61.1 Å². The molecule has 0 bridgehead atoms. The van der Waals surface area contributed by atoms with Gasteiger partial charge in [-0.25, -0.2) is 9.18 Å². The highest BCUT2D eigenvalue weighted by atomic mass is 19.1. The normalized spacial score (nSPS) is 13.6. The number of ether oxygens (including phenoxy) is 1. The minimum atomic E-state index is -1.20. The Labute approximate surface area is 227 Å². The number of carboxylic acid groups (broad SMARTS) is 1. The van der Waals surface area contributed by atoms with Gasteiger partial charge in [0.25, 0.3) is 0 Å². The average molecular weight is 541 g/mol. The number of aryl methyl sites for hydroxylation is 1. The molecule has 6 rings (SSSR count). The third kappa shape index (κ3) is 4.45. The molecule has 0 spiro atoms. The molecular weight excluding hydrogens is 515 g/mol. The summed E-state index contributed by atoms with van der Waals surface area (Å²) in [5, 5.41) is 18.5. The van der Waals surface area contributed by atoms with Crippen LogP contribution in [0.3, 0.4) is 0 Å². The summed E-state index contributed by atoms with van der Waals surface area (Å²) >= 11 is 0. The van der Waals surface area contributed by atoms with E-state index in [9.17, 15) is 14.7 Å². The van der Waals surface area contributed by atoms with E-state index in [0.29, 0.717) is 47.3 Å². The fraction of sp³-hybridized carbons (Fsp3) is 0.207. The second-order valence-electron chi connectivity index (χ2n) is 9.53. The minimum absolute atomic E-state index is 0.0654. The molecule has 0 saturated carbocycles. The zero-order chi connectivity index (χ0) is 27.8. The van der Waals surface area contributed by atoms with Crippen molar-refractivity contribution in [1.82, 2.24) is 29.9 Å². The number of aromatic amines is 1. The number of benzene rings is 2. The van der Waals surface area contributed by atoms with Gasteiger partial charge in [-0.15, -0.1) is 5.10 Å². The van der Waals surface area contributed by atoms with Crippen molar-refractivity contribution in [2.24, 2.45) is 0 Å². The van der Waals surface area contributed by atoms with Gasteiger partial charge in [0.15, 0.2) is 5.82 Å². The molecule has 10 nitrogen and oxygen atoms in total. The Morgan fingerprint density at radius 1 is 1.15 bits per heavy atom. The number of hydrogen-bond acceptors (Lipinski definition) is 6. The summed E-state index contributed by atoms with van der Waals surface area (Å²) < 4.78 is 23.5. The van der Waals surface area contributed by atoms with Gasteiger partial charge in [0.1, 0.15) is 11.4 Å². The maximum absolute atomic E-state index is 16.1. The first-order valence-electron chi connectivity index (χ1n) is 12.8. The smallest absolute Gasteiger partial charge is 0.352 e. The third-order valence-corrected chi connectivity index (χ3v) is 7.18. The highest BCUT2D eigenvalue weighted by Crippen LogP contribution is 2.42. The van der Waals surface area contributed by atoms with Crippen molar-refractivity contribution < 1.29 is 23.8 Å². The number of carboxylic acids is 1. The molecular formula is C29H25FN6O4. The molecule has 11 heteroatoms. The van der Waals surface area contributed by atoms with Gasteiger partial charge in [-0.05, 0) is 41.8 Å². The van der Waals surface area contributed by atoms with Crippen LogP contribution in [0, 0.1) is 5.82 Å². The van der Waals surface area contributed by atoms with E-state index >= 15 is 4.39 Å². The lowest BCUT2D eigenvalue weighted by atomic mass is 9.93. The molecule has 2 N–H and O–H groups in total. The summed E-state index contributed by atoms with van der Waals surface area (Å²) in [5.41, 5.74) is 2.75. The number of halogens is 1. The molecule has 2 aromatic carbocycles. The van der Waals surface area contributed by atoms with Crippen molar-refractivity contribution in [3.05, 3.63) is 78.1 Å². The molecule has 0 atom stereocenters. The topological polar surface area (TPSA) is 126 Å². The second kappa shape index (κ2) is 10.3. The largest absolute Gasteiger partial charge is 0.495 e. The van der Waals surface area contributed by atoms with Crippen molar-refractivity contribution in [1.29, 1.82) is 0 Å². The standard InChI is InChI=1S/C29H25FN6O4/c1-40-28-18-6-2-3-7-23(18)31-15-22(28)20-13-19(26(30)27-21(20)14-24(33-27)29(38)39)17-5-4-10-35(16-17)25(37)8-11-36-12-9-32-34-36/h2-3,5-7,9,12-15,33H,4,8,10-11,16H2,1H3,(H,38,39). The van der Waals surface area contributed by atoms with E-state index in [1.807, 2.05) is 30.3 Å². The van der Waals surface area contributed by atoms with E-state index in [-0.39, 0.29) is 35.6 Å². The van der Waals surface area contributed by atoms with Crippen molar-refractivity contribution in [2.45, 2.75) is 19.4 Å². The Hall–Kier alpha value is -5.06. The molecule has 40 heavy (non-hydrogen) atoms. The SMILES string of the molecule is COc1c(-c2cc(C3=CCCN(C(=O)CCn4ccnn4)C3)c(F)c3[nH]c(C(=O)O)cc23)cnc2ccccc12. The first-order valence-corrected chi connectivity index (χ1v) is 12.8. The van der Waals surface area contributed by atoms with Gasteiger partial charge in [0, 0.05) is 53.8 Å². The van der Waals surface area contributed by atoms with Gasteiger partial charge in [0.2, 0.25) is 5.91 Å². The first-order chi connectivity index (χ1) is 19.4. The van der Waals surface area contributed by atoms with Crippen molar-refractivity contribution in [3.63, 3.8) is 0 Å². The molecule has 0 aliphatic carbocycles. The van der Waals surface area contributed by atoms with Gasteiger partial charge in [-0.1, -0.05) is 23.4 Å². The number of nitrogens with one attached hydrogen (secondary N) is 1. The second-order valence-corrected chi connectivity index (χ2v) is 9.53. The van der Waals surface area contributed by atoms with Crippen LogP contribution >= 0.6 is 0 Å². The molecule has 0 unspecified atom stereocenters. The quantitative estimate of drug-likeness (QED) is 0.311. The number of nitrogens with zero attached hydrogens (tertiary/aromatic N) is 5. The predicted molar refractivity (Wildman–Crippen MR) is 146 cm³/mol. The molecule has 3 aromatic heterocycles. The summed E-state index contributed by atoms with van der Waals surface area (Å²) in [7, 11) is 1.55. The number of hydrogen-bond donors (Lipinski definition) is 2. The molecule has 0 fully saturated rings. The molecule has 202 valence electrons. The first kappa shape index (κ1) is 25.2. The number of methoxy groups -OCH3 is 1. The third-order valence-electron chi connectivity index (χ3n) is 7.18. The number of carbonyl (C=O) groups is 2. The molecule has 5 aromatic rings. The Balaban J connectivity index is 1.44. The van der Waals surface area contributed by atoms with Crippen molar-refractivity contribution >= 4 is 39.3 Å². The van der Waals surface area contributed by atoms with E-state index in [0.717, 1.165) is 10.9 Å². The number of pyridine rings is 1. The fourth-order valence-corrected chi connectivity index (χ4v) is 5.23. The fourth-order valence-electron chi connectivity index (χ4n) is 5.23. The molecule has 4 heterocycles. The Bertz CT molecular complexity index is 1790. The van der Waals surface area contributed by atoms with Gasteiger partial charge in [0.05, 0.1) is 30.9 Å². The van der Waals surface area contributed by atoms with Crippen LogP contribution in [0.4, 0.5) is 4.39 Å². The van der Waals surface area contributed by atoms with Crippen LogP contribution in [0.5, 0.6) is 5.75 Å². The van der Waals surface area contributed by atoms with Crippen LogP contribution < -0.4 is 4.74 Å². The van der Waals surface area contributed by atoms with E-state index in [1.54, 1.807) is 41.3 Å². The number of fused-ring (bicyclic) bond motifs is 2. The minimum Gasteiger partial charge on any atom is -0.495 e. The number of para-hydroxylation sites is 1. The monoisotopic (exact) mass is 540 g/mol. The summed E-state index contributed by atoms with van der Waals surface area (Å²) in [6, 6.07) is 10.6. The number of H-pyrrole nitrogens is 1. The molecule has 0 saturated heterocycles. The van der Waals surface area contributed by atoms with Crippen molar-refractivity contribution in [2.75, 3.05) is 20.2 Å². The number of carbonyl (C=O) groups excluding carboxylic acids is 1. The van der Waals surface area contributed by atoms with E-state index in [1.165, 1.54) is 6.07 Å². The van der Waals surface area contributed by atoms with Crippen LogP contribution in [-0.2, 0) is 11.3 Å². The van der Waals surface area contributed by atoms with Crippen LogP contribution in [-0.4, -0.2) is 67.0 Å². The molecule has 1 aliphatic heterocycles. The van der Waals surface area contributed by atoms with Crippen LogP contribution in [0.25, 0.3) is 38.5 Å². The van der Waals surface area contributed by atoms with Crippen molar-refractivity contribution in [3.8, 4) is 16.9 Å². The van der Waals surface area contributed by atoms with Gasteiger partial charge < -0.3 is 19.7 Å². The summed E-state index contributed by atoms with van der Waals surface area (Å²) in [4.78, 5) is 33.8. The van der Waals surface area contributed by atoms with E-state index in [2.05, 4.69) is 20.3 Å². The zero-order valence-electron chi connectivity index (χ0n) is 21.6. The van der Waals surface area contributed by atoms with Gasteiger partial charge in [-0.2, -0.15) is 0 Å². The number of aromatic carboxylic acids is 1. The van der Waals surface area contributed by atoms with E-state index < -0.39 is 11.8 Å². The van der Waals surface area contributed by atoms with Crippen LogP contribution in [0.2, 0.25) is 0 Å². The maximum atomic E-state index is 16.1. The molecule has 1 aliphatic rings. The van der Waals surface area contributed by atoms with Gasteiger partial charge >= 0.3 is 5.97 Å². The van der Waals surface area contributed by atoms with E-state index in [4.69, 9.17) is 4.74 Å². The number of aromatic nitrogens is 5. The molecule has 1 amide bonds. The Morgan fingerprint density at radius 3 is 2.77 bits per heavy atom. The van der Waals surface area contributed by atoms with Gasteiger partial charge in [-0.3, -0.25) is 14.5 Å². The number of amides is 1. The lowest BCUT2D eigenvalue weighted by Crippen LogP contribution is -2.36. The Kier molecular flexibility index (Phi) is 6.47.